The third-order valence-corrected chi connectivity index (χ3v) is 5.45. The van der Waals surface area contributed by atoms with Gasteiger partial charge in [0.1, 0.15) is 11.5 Å². The lowest BCUT2D eigenvalue weighted by Gasteiger charge is -2.12. The zero-order valence-electron chi connectivity index (χ0n) is 17.2. The zero-order valence-corrected chi connectivity index (χ0v) is 18.0. The summed E-state index contributed by atoms with van der Waals surface area (Å²) in [6.07, 6.45) is 1.79. The minimum Gasteiger partial charge on any atom is -0.497 e. The molecule has 0 spiro atoms. The SMILES string of the molecule is CCN1C(=O)/C(=C\c2ccc(OC)cc2OC)SC1=Nc1ccc(C(=O)OC)cc1. The maximum absolute atomic E-state index is 12.9. The van der Waals surface area contributed by atoms with Crippen LogP contribution in [0.5, 0.6) is 11.5 Å². The molecule has 3 rings (SSSR count). The summed E-state index contributed by atoms with van der Waals surface area (Å²) in [7, 11) is 4.49. The molecule has 0 N–H and O–H groups in total. The molecule has 0 saturated carbocycles. The number of hydrogen-bond acceptors (Lipinski definition) is 7. The van der Waals surface area contributed by atoms with Crippen LogP contribution >= 0.6 is 11.8 Å². The number of carbonyl (C=O) groups is 2. The van der Waals surface area contributed by atoms with Crippen molar-refractivity contribution in [2.45, 2.75) is 6.92 Å². The van der Waals surface area contributed by atoms with Crippen molar-refractivity contribution in [3.63, 3.8) is 0 Å². The largest absolute Gasteiger partial charge is 0.497 e. The maximum Gasteiger partial charge on any atom is 0.337 e. The van der Waals surface area contributed by atoms with Crippen molar-refractivity contribution >= 4 is 40.6 Å². The van der Waals surface area contributed by atoms with Crippen molar-refractivity contribution in [1.29, 1.82) is 0 Å². The number of aliphatic imine (C=N–C) groups is 1. The molecule has 0 aromatic heterocycles. The lowest BCUT2D eigenvalue weighted by molar-refractivity contribution is -0.122. The van der Waals surface area contributed by atoms with Crippen LogP contribution in [-0.2, 0) is 9.53 Å². The molecule has 2 aromatic rings. The number of methoxy groups -OCH3 is 3. The second-order valence-corrected chi connectivity index (χ2v) is 7.21. The molecule has 0 radical (unpaired) electrons. The Labute approximate surface area is 179 Å². The maximum atomic E-state index is 12.9. The summed E-state index contributed by atoms with van der Waals surface area (Å²) in [6, 6.07) is 12.1. The first-order valence-corrected chi connectivity index (χ1v) is 10.0. The Morgan fingerprint density at radius 1 is 1.10 bits per heavy atom. The Morgan fingerprint density at radius 2 is 1.83 bits per heavy atom. The first-order chi connectivity index (χ1) is 14.5. The van der Waals surface area contributed by atoms with Gasteiger partial charge in [-0.1, -0.05) is 0 Å². The van der Waals surface area contributed by atoms with E-state index in [2.05, 4.69) is 4.99 Å². The fourth-order valence-electron chi connectivity index (χ4n) is 2.85. The average molecular weight is 426 g/mol. The van der Waals surface area contributed by atoms with E-state index < -0.39 is 5.97 Å². The number of rotatable bonds is 6. The van der Waals surface area contributed by atoms with Crippen LogP contribution in [0.15, 0.2) is 52.4 Å². The van der Waals surface area contributed by atoms with E-state index in [9.17, 15) is 9.59 Å². The second kappa shape index (κ2) is 9.49. The number of benzene rings is 2. The summed E-state index contributed by atoms with van der Waals surface area (Å²) in [5.74, 6) is 0.757. The van der Waals surface area contributed by atoms with Gasteiger partial charge in [0.15, 0.2) is 5.17 Å². The highest BCUT2D eigenvalue weighted by molar-refractivity contribution is 8.18. The van der Waals surface area contributed by atoms with Gasteiger partial charge in [0.25, 0.3) is 5.91 Å². The van der Waals surface area contributed by atoms with Crippen LogP contribution in [0.25, 0.3) is 6.08 Å². The number of amides is 1. The summed E-state index contributed by atoms with van der Waals surface area (Å²) in [4.78, 5) is 31.2. The van der Waals surface area contributed by atoms with E-state index in [0.717, 1.165) is 5.56 Å². The van der Waals surface area contributed by atoms with Crippen molar-refractivity contribution < 1.29 is 23.8 Å². The van der Waals surface area contributed by atoms with E-state index >= 15 is 0 Å². The number of amidine groups is 1. The van der Waals surface area contributed by atoms with Crippen LogP contribution in [0, 0.1) is 0 Å². The van der Waals surface area contributed by atoms with Crippen molar-refractivity contribution in [2.75, 3.05) is 27.9 Å². The Balaban J connectivity index is 1.90. The number of esters is 1. The Morgan fingerprint density at radius 3 is 2.43 bits per heavy atom. The van der Waals surface area contributed by atoms with E-state index in [1.54, 1.807) is 55.5 Å². The molecule has 1 aliphatic heterocycles. The predicted molar refractivity (Wildman–Crippen MR) is 117 cm³/mol. The predicted octanol–water partition coefficient (Wildman–Crippen LogP) is 4.11. The standard InChI is InChI=1S/C22H22N2O5S/c1-5-24-20(25)19(12-15-8-11-17(27-2)13-18(15)28-3)30-22(24)23-16-9-6-14(7-10-16)21(26)29-4/h6-13H,5H2,1-4H3/b19-12+,23-22?. The highest BCUT2D eigenvalue weighted by atomic mass is 32.2. The highest BCUT2D eigenvalue weighted by Crippen LogP contribution is 2.36. The van der Waals surface area contributed by atoms with Gasteiger partial charge >= 0.3 is 5.97 Å². The van der Waals surface area contributed by atoms with E-state index in [0.29, 0.717) is 39.4 Å². The summed E-state index contributed by atoms with van der Waals surface area (Å²) in [5, 5.41) is 0.576. The number of likely N-dealkylation sites (N-methyl/N-ethyl adjacent to an activating group) is 1. The first kappa shape index (κ1) is 21.4. The van der Waals surface area contributed by atoms with Crippen LogP contribution in [0.2, 0.25) is 0 Å². The van der Waals surface area contributed by atoms with Gasteiger partial charge in [0.2, 0.25) is 0 Å². The molecule has 1 fully saturated rings. The number of carbonyl (C=O) groups excluding carboxylic acids is 2. The van der Waals surface area contributed by atoms with Gasteiger partial charge in [0, 0.05) is 18.2 Å². The van der Waals surface area contributed by atoms with Crippen molar-refractivity contribution in [3.8, 4) is 11.5 Å². The normalized spacial score (nSPS) is 16.3. The van der Waals surface area contributed by atoms with Crippen LogP contribution in [0.3, 0.4) is 0 Å². The van der Waals surface area contributed by atoms with Gasteiger partial charge in [-0.05, 0) is 61.2 Å². The molecule has 1 heterocycles. The minimum atomic E-state index is -0.409. The molecule has 30 heavy (non-hydrogen) atoms. The fraction of sp³-hybridized carbons (Fsp3) is 0.227. The third-order valence-electron chi connectivity index (χ3n) is 4.44. The molecule has 7 nitrogen and oxygen atoms in total. The van der Waals surface area contributed by atoms with E-state index in [1.165, 1.54) is 18.9 Å². The van der Waals surface area contributed by atoms with E-state index in [-0.39, 0.29) is 5.91 Å². The molecule has 1 saturated heterocycles. The first-order valence-electron chi connectivity index (χ1n) is 9.21. The monoisotopic (exact) mass is 426 g/mol. The summed E-state index contributed by atoms with van der Waals surface area (Å²) >= 11 is 1.29. The Hall–Kier alpha value is -3.26. The molecular formula is C22H22N2O5S. The van der Waals surface area contributed by atoms with Gasteiger partial charge in [-0.15, -0.1) is 0 Å². The lowest BCUT2D eigenvalue weighted by Crippen LogP contribution is -2.28. The molecule has 0 atom stereocenters. The summed E-state index contributed by atoms with van der Waals surface area (Å²) < 4.78 is 15.3. The smallest absolute Gasteiger partial charge is 0.337 e. The number of ether oxygens (including phenoxy) is 3. The van der Waals surface area contributed by atoms with Crippen molar-refractivity contribution in [1.82, 2.24) is 4.90 Å². The average Bonchev–Trinajstić information content (AvgIpc) is 3.07. The molecule has 156 valence electrons. The quantitative estimate of drug-likeness (QED) is 0.511. The van der Waals surface area contributed by atoms with Crippen LogP contribution in [0.1, 0.15) is 22.8 Å². The molecule has 0 unspecified atom stereocenters. The molecule has 8 heteroatoms. The fourth-order valence-corrected chi connectivity index (χ4v) is 3.90. The van der Waals surface area contributed by atoms with Crippen LogP contribution in [0.4, 0.5) is 5.69 Å². The van der Waals surface area contributed by atoms with E-state index in [1.807, 2.05) is 19.1 Å². The van der Waals surface area contributed by atoms with Gasteiger partial charge in [0.05, 0.1) is 37.5 Å². The molecule has 1 aliphatic rings. The van der Waals surface area contributed by atoms with Crippen LogP contribution < -0.4 is 9.47 Å². The molecule has 0 aliphatic carbocycles. The van der Waals surface area contributed by atoms with Gasteiger partial charge in [-0.3, -0.25) is 9.69 Å². The molecule has 2 aromatic carbocycles. The zero-order chi connectivity index (χ0) is 21.7. The minimum absolute atomic E-state index is 0.120. The number of nitrogens with zero attached hydrogens (tertiary/aromatic N) is 2. The van der Waals surface area contributed by atoms with Crippen molar-refractivity contribution in [2.24, 2.45) is 4.99 Å². The Kier molecular flexibility index (Phi) is 6.79. The second-order valence-electron chi connectivity index (χ2n) is 6.20. The van der Waals surface area contributed by atoms with Crippen molar-refractivity contribution in [3.05, 3.63) is 58.5 Å². The molecular weight excluding hydrogens is 404 g/mol. The Bertz CT molecular complexity index is 1010. The van der Waals surface area contributed by atoms with Gasteiger partial charge < -0.3 is 14.2 Å². The van der Waals surface area contributed by atoms with Crippen LogP contribution in [-0.4, -0.2) is 49.8 Å². The van der Waals surface area contributed by atoms with Gasteiger partial charge in [-0.25, -0.2) is 9.79 Å². The summed E-state index contributed by atoms with van der Waals surface area (Å²) in [5.41, 5.74) is 1.85. The topological polar surface area (TPSA) is 77.4 Å². The molecule has 1 amide bonds. The number of thioether (sulfide) groups is 1. The molecule has 0 bridgehead atoms. The lowest BCUT2D eigenvalue weighted by atomic mass is 10.1. The highest BCUT2D eigenvalue weighted by Gasteiger charge is 2.32. The van der Waals surface area contributed by atoms with E-state index in [4.69, 9.17) is 14.2 Å². The third kappa shape index (κ3) is 4.49. The number of hydrogen-bond donors (Lipinski definition) is 0. The summed E-state index contributed by atoms with van der Waals surface area (Å²) in [6.45, 7) is 2.38. The van der Waals surface area contributed by atoms with Gasteiger partial charge in [-0.2, -0.15) is 0 Å².